The van der Waals surface area contributed by atoms with Crippen LogP contribution in [0.5, 0.6) is 0 Å². The average Bonchev–Trinajstić information content (AvgIpc) is 3.58. The van der Waals surface area contributed by atoms with E-state index in [2.05, 4.69) is 40.4 Å². The standard InChI is InChI=1S/C31H55N5O3/c1-30(2,3)35-27(37)21-9-6-8-20(11-12-21)19-31(4,5)36-29(39)26-16-15-24(34-26)22-13-14-23(18-22)33-28(38)25-10-7-17-32-25/h20-26,32,34H,6-19H2,1-5H3,(H,33,38)(H,35,37)(H,36,39)/t20?,21?,22?,23?,24?,25-,26?/m1/s1. The summed E-state index contributed by atoms with van der Waals surface area (Å²) in [5.41, 5.74) is -0.462. The molecule has 222 valence electrons. The molecule has 39 heavy (non-hydrogen) atoms. The summed E-state index contributed by atoms with van der Waals surface area (Å²) in [6.07, 6.45) is 13.1. The molecule has 8 nitrogen and oxygen atoms in total. The maximum Gasteiger partial charge on any atom is 0.237 e. The van der Waals surface area contributed by atoms with Crippen molar-refractivity contribution < 1.29 is 14.4 Å². The fourth-order valence-corrected chi connectivity index (χ4v) is 7.58. The Labute approximate surface area is 236 Å². The Morgan fingerprint density at radius 2 is 1.54 bits per heavy atom. The smallest absolute Gasteiger partial charge is 0.237 e. The monoisotopic (exact) mass is 545 g/mol. The first-order valence-corrected chi connectivity index (χ1v) is 15.8. The van der Waals surface area contributed by atoms with Crippen LogP contribution in [0.4, 0.5) is 0 Å². The van der Waals surface area contributed by atoms with Crippen LogP contribution in [-0.2, 0) is 14.4 Å². The predicted molar refractivity (Wildman–Crippen MR) is 155 cm³/mol. The Kier molecular flexibility index (Phi) is 10.0. The van der Waals surface area contributed by atoms with Gasteiger partial charge in [-0.25, -0.2) is 0 Å². The van der Waals surface area contributed by atoms with Crippen LogP contribution in [-0.4, -0.2) is 59.5 Å². The zero-order valence-corrected chi connectivity index (χ0v) is 25.2. The van der Waals surface area contributed by atoms with Gasteiger partial charge in [0.05, 0.1) is 12.1 Å². The van der Waals surface area contributed by atoms with Crippen LogP contribution in [0.25, 0.3) is 0 Å². The van der Waals surface area contributed by atoms with Crippen molar-refractivity contribution in [1.82, 2.24) is 26.6 Å². The molecule has 2 aliphatic heterocycles. The number of hydrogen-bond donors (Lipinski definition) is 5. The summed E-state index contributed by atoms with van der Waals surface area (Å²) >= 11 is 0. The van der Waals surface area contributed by atoms with Crippen molar-refractivity contribution in [3.8, 4) is 0 Å². The van der Waals surface area contributed by atoms with Gasteiger partial charge in [0, 0.05) is 29.1 Å². The number of nitrogens with one attached hydrogen (secondary N) is 5. The molecule has 0 aromatic carbocycles. The minimum atomic E-state index is -0.272. The lowest BCUT2D eigenvalue weighted by molar-refractivity contribution is -0.127. The normalized spacial score (nSPS) is 33.9. The Morgan fingerprint density at radius 3 is 2.26 bits per heavy atom. The quantitative estimate of drug-likeness (QED) is 0.300. The molecule has 4 rings (SSSR count). The molecule has 2 saturated carbocycles. The summed E-state index contributed by atoms with van der Waals surface area (Å²) in [6.45, 7) is 11.4. The van der Waals surface area contributed by atoms with Crippen LogP contribution in [0.1, 0.15) is 118 Å². The van der Waals surface area contributed by atoms with Crippen molar-refractivity contribution in [2.75, 3.05) is 6.54 Å². The Balaban J connectivity index is 1.18. The van der Waals surface area contributed by atoms with Gasteiger partial charge < -0.3 is 26.6 Å². The van der Waals surface area contributed by atoms with Crippen molar-refractivity contribution in [3.05, 3.63) is 0 Å². The van der Waals surface area contributed by atoms with E-state index in [1.165, 1.54) is 0 Å². The third-order valence-electron chi connectivity index (χ3n) is 9.48. The summed E-state index contributed by atoms with van der Waals surface area (Å²) < 4.78 is 0. The molecule has 0 bridgehead atoms. The molecule has 6 unspecified atom stereocenters. The zero-order chi connectivity index (χ0) is 28.2. The van der Waals surface area contributed by atoms with E-state index in [0.29, 0.717) is 17.9 Å². The number of carbonyl (C=O) groups is 3. The number of amides is 3. The van der Waals surface area contributed by atoms with E-state index in [0.717, 1.165) is 90.0 Å². The van der Waals surface area contributed by atoms with Gasteiger partial charge in [0.25, 0.3) is 0 Å². The van der Waals surface area contributed by atoms with Gasteiger partial charge >= 0.3 is 0 Å². The average molecular weight is 546 g/mol. The summed E-state index contributed by atoms with van der Waals surface area (Å²) in [5, 5.41) is 16.7. The minimum absolute atomic E-state index is 0.0162. The Morgan fingerprint density at radius 1 is 0.744 bits per heavy atom. The molecule has 2 aliphatic carbocycles. The first-order chi connectivity index (χ1) is 18.4. The number of rotatable bonds is 8. The van der Waals surface area contributed by atoms with Gasteiger partial charge in [-0.2, -0.15) is 0 Å². The summed E-state index contributed by atoms with van der Waals surface area (Å²) in [7, 11) is 0. The second-order valence-corrected chi connectivity index (χ2v) is 14.7. The molecule has 2 saturated heterocycles. The van der Waals surface area contributed by atoms with E-state index in [4.69, 9.17) is 0 Å². The van der Waals surface area contributed by atoms with Gasteiger partial charge in [0.1, 0.15) is 0 Å². The highest BCUT2D eigenvalue weighted by atomic mass is 16.2. The molecule has 4 aliphatic rings. The second kappa shape index (κ2) is 12.9. The third-order valence-corrected chi connectivity index (χ3v) is 9.48. The van der Waals surface area contributed by atoms with E-state index in [1.807, 2.05) is 20.8 Å². The van der Waals surface area contributed by atoms with Gasteiger partial charge in [-0.3, -0.25) is 14.4 Å². The highest BCUT2D eigenvalue weighted by Crippen LogP contribution is 2.35. The lowest BCUT2D eigenvalue weighted by Crippen LogP contribution is -2.52. The van der Waals surface area contributed by atoms with Crippen LogP contribution < -0.4 is 26.6 Å². The molecule has 8 heteroatoms. The molecule has 3 amide bonds. The van der Waals surface area contributed by atoms with E-state index >= 15 is 0 Å². The lowest BCUT2D eigenvalue weighted by atomic mass is 9.85. The van der Waals surface area contributed by atoms with Crippen molar-refractivity contribution in [1.29, 1.82) is 0 Å². The molecule has 0 aromatic rings. The third kappa shape index (κ3) is 8.91. The SMILES string of the molecule is CC(C)(C)NC(=O)C1CCCC(CC(C)(C)NC(=O)C2CCC(C3CCC(NC(=O)[C@H]4CCCN4)C3)N2)CC1. The minimum Gasteiger partial charge on any atom is -0.352 e. The number of hydrogen-bond acceptors (Lipinski definition) is 5. The molecular formula is C31H55N5O3. The Hall–Kier alpha value is -1.67. The summed E-state index contributed by atoms with van der Waals surface area (Å²) in [5.74, 6) is 1.63. The van der Waals surface area contributed by atoms with Crippen LogP contribution in [0.15, 0.2) is 0 Å². The fraction of sp³-hybridized carbons (Fsp3) is 0.903. The van der Waals surface area contributed by atoms with Gasteiger partial charge in [-0.05, 0) is 124 Å². The molecule has 5 N–H and O–H groups in total. The molecular weight excluding hydrogens is 490 g/mol. The van der Waals surface area contributed by atoms with Crippen LogP contribution >= 0.6 is 0 Å². The largest absolute Gasteiger partial charge is 0.352 e. The van der Waals surface area contributed by atoms with Crippen molar-refractivity contribution in [3.63, 3.8) is 0 Å². The van der Waals surface area contributed by atoms with Gasteiger partial charge in [0.2, 0.25) is 17.7 Å². The summed E-state index contributed by atoms with van der Waals surface area (Å²) in [4.78, 5) is 38.5. The van der Waals surface area contributed by atoms with Crippen molar-refractivity contribution in [2.45, 2.75) is 153 Å². The predicted octanol–water partition coefficient (Wildman–Crippen LogP) is 3.54. The molecule has 0 radical (unpaired) electrons. The van der Waals surface area contributed by atoms with Crippen molar-refractivity contribution >= 4 is 17.7 Å². The maximum atomic E-state index is 13.3. The fourth-order valence-electron chi connectivity index (χ4n) is 7.58. The van der Waals surface area contributed by atoms with Crippen LogP contribution in [0.2, 0.25) is 0 Å². The highest BCUT2D eigenvalue weighted by molar-refractivity contribution is 5.83. The molecule has 0 spiro atoms. The Bertz CT molecular complexity index is 863. The number of carbonyl (C=O) groups excluding carboxylic acids is 3. The second-order valence-electron chi connectivity index (χ2n) is 14.7. The lowest BCUT2D eigenvalue weighted by Gasteiger charge is -2.32. The molecule has 0 aromatic heterocycles. The van der Waals surface area contributed by atoms with E-state index < -0.39 is 0 Å². The first-order valence-electron chi connectivity index (χ1n) is 15.8. The van der Waals surface area contributed by atoms with E-state index in [9.17, 15) is 14.4 Å². The van der Waals surface area contributed by atoms with Gasteiger partial charge in [-0.1, -0.05) is 12.8 Å². The van der Waals surface area contributed by atoms with Gasteiger partial charge in [-0.15, -0.1) is 0 Å². The topological polar surface area (TPSA) is 111 Å². The van der Waals surface area contributed by atoms with Crippen LogP contribution in [0.3, 0.4) is 0 Å². The molecule has 7 atom stereocenters. The van der Waals surface area contributed by atoms with E-state index in [1.54, 1.807) is 0 Å². The highest BCUT2D eigenvalue weighted by Gasteiger charge is 2.39. The van der Waals surface area contributed by atoms with E-state index in [-0.39, 0.29) is 52.8 Å². The maximum absolute atomic E-state index is 13.3. The first kappa shape index (κ1) is 30.3. The van der Waals surface area contributed by atoms with Gasteiger partial charge in [0.15, 0.2) is 0 Å². The van der Waals surface area contributed by atoms with Crippen molar-refractivity contribution in [2.24, 2.45) is 17.8 Å². The van der Waals surface area contributed by atoms with Crippen LogP contribution in [0, 0.1) is 17.8 Å². The summed E-state index contributed by atoms with van der Waals surface area (Å²) in [6, 6.07) is 0.466. The zero-order valence-electron chi connectivity index (χ0n) is 25.2. The molecule has 2 heterocycles. The molecule has 4 fully saturated rings.